The molecule has 0 radical (unpaired) electrons. The number of benzene rings is 1. The lowest BCUT2D eigenvalue weighted by molar-refractivity contribution is -0.417. The number of rotatable bonds is 3. The monoisotopic (exact) mass is 401 g/mol. The Labute approximate surface area is 158 Å². The summed E-state index contributed by atoms with van der Waals surface area (Å²) < 4.78 is 51.1. The Bertz CT molecular complexity index is 786. The third-order valence-electron chi connectivity index (χ3n) is 4.64. The quantitative estimate of drug-likeness (QED) is 0.443. The molecule has 1 fully saturated rings. The number of hydrogen-bond donors (Lipinski definition) is 0. The summed E-state index contributed by atoms with van der Waals surface area (Å²) in [5.41, 5.74) is 0.388. The van der Waals surface area contributed by atoms with Gasteiger partial charge in [-0.2, -0.15) is 13.2 Å². The summed E-state index contributed by atoms with van der Waals surface area (Å²) in [6.45, 7) is 2.03. The Morgan fingerprint density at radius 1 is 1.14 bits per heavy atom. The molecule has 2 heterocycles. The standard InChI is InChI=1S/C17H19F4N5O2/c1-12-22-16(15(26(27)28)10-25(12)11-17(19,20)21)24-8-6-23(7-9-24)14-4-2-13(18)3-5-14/h2-5,10,12H,6-9,11H2,1H3. The topological polar surface area (TPSA) is 65.2 Å². The number of nitro groups is 1. The molecule has 0 amide bonds. The lowest BCUT2D eigenvalue weighted by Gasteiger charge is -2.39. The van der Waals surface area contributed by atoms with E-state index in [9.17, 15) is 27.7 Å². The van der Waals surface area contributed by atoms with Gasteiger partial charge in [-0.25, -0.2) is 9.38 Å². The van der Waals surface area contributed by atoms with Gasteiger partial charge < -0.3 is 14.7 Å². The summed E-state index contributed by atoms with van der Waals surface area (Å²) in [5.74, 6) is -0.244. The van der Waals surface area contributed by atoms with E-state index in [1.165, 1.54) is 19.1 Å². The number of hydrogen-bond acceptors (Lipinski definition) is 6. The summed E-state index contributed by atoms with van der Waals surface area (Å²) in [6.07, 6.45) is -4.43. The molecule has 28 heavy (non-hydrogen) atoms. The van der Waals surface area contributed by atoms with E-state index in [0.717, 1.165) is 16.8 Å². The van der Waals surface area contributed by atoms with Gasteiger partial charge in [-0.1, -0.05) is 0 Å². The SMILES string of the molecule is CC1N=C(N2CCN(c3ccc(F)cc3)CC2)C([N+](=O)[O-])=CN1CC(F)(F)F. The number of alkyl halides is 3. The minimum atomic E-state index is -4.49. The molecule has 0 saturated carbocycles. The molecule has 2 aliphatic heterocycles. The van der Waals surface area contributed by atoms with Crippen molar-refractivity contribution in [3.63, 3.8) is 0 Å². The summed E-state index contributed by atoms with van der Waals surface area (Å²) >= 11 is 0. The smallest absolute Gasteiger partial charge is 0.368 e. The molecular formula is C17H19F4N5O2. The third-order valence-corrected chi connectivity index (χ3v) is 4.64. The van der Waals surface area contributed by atoms with Gasteiger partial charge in [0.2, 0.25) is 5.84 Å². The second-order valence-corrected chi connectivity index (χ2v) is 6.59. The Balaban J connectivity index is 1.72. The van der Waals surface area contributed by atoms with E-state index in [4.69, 9.17) is 0 Å². The highest BCUT2D eigenvalue weighted by molar-refractivity contribution is 5.96. The van der Waals surface area contributed by atoms with Gasteiger partial charge in [-0.3, -0.25) is 10.1 Å². The zero-order valence-electron chi connectivity index (χ0n) is 15.1. The average molecular weight is 401 g/mol. The van der Waals surface area contributed by atoms with Gasteiger partial charge in [0.25, 0.3) is 0 Å². The molecule has 1 saturated heterocycles. The van der Waals surface area contributed by atoms with Crippen molar-refractivity contribution in [2.24, 2.45) is 4.99 Å². The first-order valence-corrected chi connectivity index (χ1v) is 8.66. The average Bonchev–Trinajstić information content (AvgIpc) is 2.63. The molecule has 0 aliphatic carbocycles. The van der Waals surface area contributed by atoms with Crippen LogP contribution in [0.4, 0.5) is 23.2 Å². The van der Waals surface area contributed by atoms with Crippen molar-refractivity contribution < 1.29 is 22.5 Å². The Morgan fingerprint density at radius 3 is 2.25 bits per heavy atom. The molecule has 11 heteroatoms. The molecule has 1 aromatic carbocycles. The fourth-order valence-electron chi connectivity index (χ4n) is 3.23. The number of piperazine rings is 1. The van der Waals surface area contributed by atoms with Crippen molar-refractivity contribution in [1.82, 2.24) is 9.80 Å². The van der Waals surface area contributed by atoms with Crippen LogP contribution < -0.4 is 4.90 Å². The first-order valence-electron chi connectivity index (χ1n) is 8.66. The van der Waals surface area contributed by atoms with Crippen LogP contribution in [0.3, 0.4) is 0 Å². The Kier molecular flexibility index (Phi) is 5.43. The summed E-state index contributed by atoms with van der Waals surface area (Å²) in [5, 5.41) is 11.4. The molecule has 1 aromatic rings. The van der Waals surface area contributed by atoms with Crippen LogP contribution in [0.15, 0.2) is 41.2 Å². The first-order chi connectivity index (χ1) is 13.1. The summed E-state index contributed by atoms with van der Waals surface area (Å²) in [4.78, 5) is 19.4. The fourth-order valence-corrected chi connectivity index (χ4v) is 3.23. The number of aliphatic imine (C=N–C) groups is 1. The van der Waals surface area contributed by atoms with Gasteiger partial charge >= 0.3 is 11.9 Å². The number of anilines is 1. The zero-order valence-corrected chi connectivity index (χ0v) is 15.1. The normalized spacial score (nSPS) is 20.8. The number of nitrogens with zero attached hydrogens (tertiary/aromatic N) is 5. The van der Waals surface area contributed by atoms with Gasteiger partial charge in [-0.15, -0.1) is 0 Å². The van der Waals surface area contributed by atoms with E-state index in [-0.39, 0.29) is 11.7 Å². The second-order valence-electron chi connectivity index (χ2n) is 6.59. The minimum absolute atomic E-state index is 0.0923. The predicted molar refractivity (Wildman–Crippen MR) is 94.9 cm³/mol. The molecule has 152 valence electrons. The van der Waals surface area contributed by atoms with E-state index in [1.54, 1.807) is 17.0 Å². The predicted octanol–water partition coefficient (Wildman–Crippen LogP) is 2.69. The van der Waals surface area contributed by atoms with Crippen LogP contribution in [0, 0.1) is 15.9 Å². The van der Waals surface area contributed by atoms with Crippen LogP contribution in [-0.4, -0.2) is 65.6 Å². The van der Waals surface area contributed by atoms with Crippen LogP contribution in [-0.2, 0) is 0 Å². The second kappa shape index (κ2) is 7.64. The highest BCUT2D eigenvalue weighted by Gasteiger charge is 2.38. The molecule has 2 aliphatic rings. The van der Waals surface area contributed by atoms with E-state index in [2.05, 4.69) is 4.99 Å². The van der Waals surface area contributed by atoms with E-state index in [0.29, 0.717) is 26.2 Å². The van der Waals surface area contributed by atoms with Crippen LogP contribution >= 0.6 is 0 Å². The number of amidine groups is 1. The number of halogens is 4. The molecule has 0 aromatic heterocycles. The van der Waals surface area contributed by atoms with Crippen LogP contribution in [0.2, 0.25) is 0 Å². The van der Waals surface area contributed by atoms with Crippen molar-refractivity contribution in [3.8, 4) is 0 Å². The minimum Gasteiger partial charge on any atom is -0.368 e. The lowest BCUT2D eigenvalue weighted by atomic mass is 10.2. The highest BCUT2D eigenvalue weighted by Crippen LogP contribution is 2.25. The van der Waals surface area contributed by atoms with Gasteiger partial charge in [0.15, 0.2) is 0 Å². The molecule has 1 atom stereocenters. The molecule has 3 rings (SSSR count). The maximum atomic E-state index is 13.1. The van der Waals surface area contributed by atoms with Gasteiger partial charge in [0, 0.05) is 31.9 Å². The van der Waals surface area contributed by atoms with Crippen molar-refractivity contribution in [1.29, 1.82) is 0 Å². The highest BCUT2D eigenvalue weighted by atomic mass is 19.4. The molecule has 7 nitrogen and oxygen atoms in total. The van der Waals surface area contributed by atoms with Gasteiger partial charge in [0.1, 0.15) is 18.5 Å². The molecule has 0 spiro atoms. The van der Waals surface area contributed by atoms with Crippen molar-refractivity contribution >= 4 is 11.5 Å². The van der Waals surface area contributed by atoms with Crippen LogP contribution in [0.1, 0.15) is 6.92 Å². The summed E-state index contributed by atoms with van der Waals surface area (Å²) in [6, 6.07) is 6.03. The first kappa shape index (κ1) is 19.9. The Morgan fingerprint density at radius 2 is 1.71 bits per heavy atom. The van der Waals surface area contributed by atoms with Gasteiger partial charge in [0.05, 0.1) is 11.1 Å². The largest absolute Gasteiger partial charge is 0.405 e. The van der Waals surface area contributed by atoms with Crippen molar-refractivity contribution in [2.45, 2.75) is 19.3 Å². The summed E-state index contributed by atoms with van der Waals surface area (Å²) in [7, 11) is 0. The fraction of sp³-hybridized carbons (Fsp3) is 0.471. The van der Waals surface area contributed by atoms with E-state index in [1.807, 2.05) is 4.90 Å². The Hall–Kier alpha value is -2.85. The third kappa shape index (κ3) is 4.52. The maximum absolute atomic E-state index is 13.1. The van der Waals surface area contributed by atoms with E-state index >= 15 is 0 Å². The molecule has 0 N–H and O–H groups in total. The molecular weight excluding hydrogens is 382 g/mol. The lowest BCUT2D eigenvalue weighted by Crippen LogP contribution is -2.52. The van der Waals surface area contributed by atoms with Gasteiger partial charge in [-0.05, 0) is 31.2 Å². The van der Waals surface area contributed by atoms with Crippen molar-refractivity contribution in [2.75, 3.05) is 37.6 Å². The molecule has 1 unspecified atom stereocenters. The zero-order chi connectivity index (χ0) is 20.5. The maximum Gasteiger partial charge on any atom is 0.405 e. The molecule has 0 bridgehead atoms. The van der Waals surface area contributed by atoms with Crippen LogP contribution in [0.25, 0.3) is 0 Å². The van der Waals surface area contributed by atoms with E-state index < -0.39 is 29.5 Å². The van der Waals surface area contributed by atoms with Crippen molar-refractivity contribution in [3.05, 3.63) is 52.1 Å². The van der Waals surface area contributed by atoms with Crippen LogP contribution in [0.5, 0.6) is 0 Å².